The molecule has 0 aliphatic rings. The number of methoxy groups -OCH3 is 1. The summed E-state index contributed by atoms with van der Waals surface area (Å²) in [7, 11) is 1.42. The van der Waals surface area contributed by atoms with Gasteiger partial charge in [-0.15, -0.1) is 0 Å². The average Bonchev–Trinajstić information content (AvgIpc) is 2.32. The lowest BCUT2D eigenvalue weighted by atomic mass is 9.95. The third-order valence-corrected chi connectivity index (χ3v) is 2.78. The maximum absolute atomic E-state index is 9.17. The van der Waals surface area contributed by atoms with Gasteiger partial charge in [0.25, 0.3) is 0 Å². The molecule has 0 fully saturated rings. The predicted octanol–water partition coefficient (Wildman–Crippen LogP) is 3.37. The minimum absolute atomic E-state index is 0.139. The summed E-state index contributed by atoms with van der Waals surface area (Å²) in [5.41, 5.74) is 0.475. The fourth-order valence-corrected chi connectivity index (χ4v) is 1.65. The first kappa shape index (κ1) is 12.1. The Morgan fingerprint density at radius 1 is 1.47 bits per heavy atom. The molecule has 0 aromatic heterocycles. The van der Waals surface area contributed by atoms with Gasteiger partial charge in [0.05, 0.1) is 5.03 Å². The van der Waals surface area contributed by atoms with Crippen LogP contribution >= 0.6 is 23.2 Å². The van der Waals surface area contributed by atoms with E-state index in [1.54, 1.807) is 24.3 Å². The van der Waals surface area contributed by atoms with Crippen LogP contribution in [0.5, 0.6) is 0 Å². The van der Waals surface area contributed by atoms with Gasteiger partial charge >= 0.3 is 0 Å². The first-order valence-electron chi connectivity index (χ1n) is 4.19. The zero-order chi connectivity index (χ0) is 11.3. The Hall–Kier alpha value is -1.01. The van der Waals surface area contributed by atoms with Gasteiger partial charge in [-0.2, -0.15) is 5.26 Å². The van der Waals surface area contributed by atoms with Crippen molar-refractivity contribution in [3.05, 3.63) is 46.5 Å². The summed E-state index contributed by atoms with van der Waals surface area (Å²) in [6, 6.07) is 11.0. The summed E-state index contributed by atoms with van der Waals surface area (Å²) < 4.78 is 5.18. The van der Waals surface area contributed by atoms with Gasteiger partial charge in [-0.05, 0) is 0 Å². The molecule has 78 valence electrons. The van der Waals surface area contributed by atoms with Crippen LogP contribution in [0.25, 0.3) is 0 Å². The lowest BCUT2D eigenvalue weighted by Crippen LogP contribution is -2.26. The van der Waals surface area contributed by atoms with Crippen LogP contribution in [0.2, 0.25) is 0 Å². The summed E-state index contributed by atoms with van der Waals surface area (Å²) in [5.74, 6) is 0. The van der Waals surface area contributed by atoms with Crippen LogP contribution in [0.1, 0.15) is 5.56 Å². The van der Waals surface area contributed by atoms with E-state index in [0.29, 0.717) is 5.56 Å². The van der Waals surface area contributed by atoms with Gasteiger partial charge in [0, 0.05) is 18.2 Å². The second-order valence-electron chi connectivity index (χ2n) is 2.82. The zero-order valence-electron chi connectivity index (χ0n) is 8.08. The molecule has 0 N–H and O–H groups in total. The minimum atomic E-state index is -1.31. The first-order chi connectivity index (χ1) is 7.21. The highest BCUT2D eigenvalue weighted by atomic mass is 35.5. The molecule has 4 heteroatoms. The van der Waals surface area contributed by atoms with Crippen LogP contribution in [0, 0.1) is 11.3 Å². The van der Waals surface area contributed by atoms with Gasteiger partial charge in [0.1, 0.15) is 6.07 Å². The minimum Gasteiger partial charge on any atom is -0.355 e. The summed E-state index contributed by atoms with van der Waals surface area (Å²) in [6.45, 7) is 0. The number of benzene rings is 1. The second kappa shape index (κ2) is 5.18. The molecule has 0 bridgehead atoms. The molecular formula is C11H9Cl2NO. The van der Waals surface area contributed by atoms with Crippen molar-refractivity contribution in [2.75, 3.05) is 7.11 Å². The standard InChI is InChI=1S/C11H9Cl2NO/c1-15-11(8-14,10(13)7-12)9-5-3-2-4-6-9/h2-7H,1H3/b10-7+. The van der Waals surface area contributed by atoms with Gasteiger partial charge in [-0.25, -0.2) is 0 Å². The van der Waals surface area contributed by atoms with E-state index in [1.807, 2.05) is 12.1 Å². The van der Waals surface area contributed by atoms with Crippen LogP contribution in [0.15, 0.2) is 40.9 Å². The summed E-state index contributed by atoms with van der Waals surface area (Å²) in [4.78, 5) is 0. The number of halogens is 2. The fraction of sp³-hybridized carbons (Fsp3) is 0.182. The van der Waals surface area contributed by atoms with Crippen molar-refractivity contribution in [3.8, 4) is 6.07 Å². The van der Waals surface area contributed by atoms with Gasteiger partial charge in [-0.3, -0.25) is 0 Å². The van der Waals surface area contributed by atoms with E-state index >= 15 is 0 Å². The van der Waals surface area contributed by atoms with E-state index < -0.39 is 5.60 Å². The van der Waals surface area contributed by atoms with Crippen molar-refractivity contribution in [2.24, 2.45) is 0 Å². The van der Waals surface area contributed by atoms with Gasteiger partial charge in [-0.1, -0.05) is 53.5 Å². The molecule has 0 aliphatic heterocycles. The Morgan fingerprint density at radius 2 is 2.07 bits per heavy atom. The third kappa shape index (κ3) is 2.15. The molecule has 0 saturated heterocycles. The van der Waals surface area contributed by atoms with Crippen LogP contribution in [0.4, 0.5) is 0 Å². The fourth-order valence-electron chi connectivity index (χ4n) is 1.27. The maximum Gasteiger partial charge on any atom is 0.216 e. The van der Waals surface area contributed by atoms with Crippen LogP contribution in [0.3, 0.4) is 0 Å². The maximum atomic E-state index is 9.17. The van der Waals surface area contributed by atoms with Crippen LogP contribution in [-0.2, 0) is 10.3 Å². The first-order valence-corrected chi connectivity index (χ1v) is 5.01. The van der Waals surface area contributed by atoms with Crippen molar-refractivity contribution < 1.29 is 4.74 Å². The summed E-state index contributed by atoms with van der Waals surface area (Å²) in [5, 5.41) is 9.31. The summed E-state index contributed by atoms with van der Waals surface area (Å²) in [6.07, 6.45) is 0. The van der Waals surface area contributed by atoms with Crippen molar-refractivity contribution in [3.63, 3.8) is 0 Å². The molecule has 0 amide bonds. The Bertz CT molecular complexity index is 397. The molecule has 1 aromatic rings. The Kier molecular flexibility index (Phi) is 4.16. The van der Waals surface area contributed by atoms with E-state index in [9.17, 15) is 5.26 Å². The van der Waals surface area contributed by atoms with E-state index in [2.05, 4.69) is 0 Å². The van der Waals surface area contributed by atoms with E-state index in [0.717, 1.165) is 5.54 Å². The lowest BCUT2D eigenvalue weighted by Gasteiger charge is -2.24. The molecule has 0 spiro atoms. The van der Waals surface area contributed by atoms with E-state index in [-0.39, 0.29) is 5.03 Å². The Morgan fingerprint density at radius 3 is 2.47 bits per heavy atom. The highest BCUT2D eigenvalue weighted by Gasteiger charge is 2.35. The smallest absolute Gasteiger partial charge is 0.216 e. The molecule has 0 heterocycles. The quantitative estimate of drug-likeness (QED) is 0.813. The van der Waals surface area contributed by atoms with Crippen molar-refractivity contribution in [1.82, 2.24) is 0 Å². The topological polar surface area (TPSA) is 33.0 Å². The molecule has 0 saturated carbocycles. The molecule has 0 radical (unpaired) electrons. The second-order valence-corrected chi connectivity index (χ2v) is 3.45. The average molecular weight is 242 g/mol. The van der Waals surface area contributed by atoms with E-state index in [1.165, 1.54) is 7.11 Å². The molecule has 1 aromatic carbocycles. The number of rotatable bonds is 3. The molecule has 2 nitrogen and oxygen atoms in total. The van der Waals surface area contributed by atoms with Gasteiger partial charge < -0.3 is 4.74 Å². The Balaban J connectivity index is 3.32. The summed E-state index contributed by atoms with van der Waals surface area (Å²) >= 11 is 11.4. The van der Waals surface area contributed by atoms with Crippen molar-refractivity contribution in [2.45, 2.75) is 5.60 Å². The third-order valence-electron chi connectivity index (χ3n) is 2.08. The number of ether oxygens (including phenoxy) is 1. The van der Waals surface area contributed by atoms with Crippen molar-refractivity contribution in [1.29, 1.82) is 5.26 Å². The SMILES string of the molecule is COC(C#N)(/C(Cl)=C\Cl)c1ccccc1. The molecule has 0 aliphatic carbocycles. The largest absolute Gasteiger partial charge is 0.355 e. The molecular weight excluding hydrogens is 233 g/mol. The monoisotopic (exact) mass is 241 g/mol. The van der Waals surface area contributed by atoms with Crippen molar-refractivity contribution >= 4 is 23.2 Å². The molecule has 1 rings (SSSR count). The lowest BCUT2D eigenvalue weighted by molar-refractivity contribution is 0.0753. The highest BCUT2D eigenvalue weighted by molar-refractivity contribution is 6.37. The molecule has 15 heavy (non-hydrogen) atoms. The number of hydrogen-bond acceptors (Lipinski definition) is 2. The number of nitrogens with zero attached hydrogens (tertiary/aromatic N) is 1. The number of nitriles is 1. The zero-order valence-corrected chi connectivity index (χ0v) is 9.59. The predicted molar refractivity (Wildman–Crippen MR) is 60.5 cm³/mol. The normalized spacial score (nSPS) is 15.5. The van der Waals surface area contributed by atoms with Gasteiger partial charge in [0.2, 0.25) is 5.60 Å². The number of hydrogen-bond donors (Lipinski definition) is 0. The van der Waals surface area contributed by atoms with Gasteiger partial charge in [0.15, 0.2) is 0 Å². The van der Waals surface area contributed by atoms with Crippen LogP contribution in [-0.4, -0.2) is 7.11 Å². The van der Waals surface area contributed by atoms with Crippen LogP contribution < -0.4 is 0 Å². The molecule has 1 atom stereocenters. The van der Waals surface area contributed by atoms with E-state index in [4.69, 9.17) is 27.9 Å². The highest BCUT2D eigenvalue weighted by Crippen LogP contribution is 2.35. The Labute approximate surface area is 98.7 Å². The molecule has 1 unspecified atom stereocenters.